The Kier molecular flexibility index (Phi) is 3.72. The highest BCUT2D eigenvalue weighted by atomic mass is 14.9. The van der Waals surface area contributed by atoms with Gasteiger partial charge in [0.1, 0.15) is 0 Å². The van der Waals surface area contributed by atoms with Gasteiger partial charge in [-0.1, -0.05) is 26.0 Å². The minimum absolute atomic E-state index is 0.133. The fourth-order valence-corrected chi connectivity index (χ4v) is 2.00. The normalized spacial score (nSPS) is 11.7. The summed E-state index contributed by atoms with van der Waals surface area (Å²) in [5.41, 5.74) is 9.19. The second kappa shape index (κ2) is 5.27. The van der Waals surface area contributed by atoms with Crippen LogP contribution in [0.4, 0.5) is 5.69 Å². The summed E-state index contributed by atoms with van der Waals surface area (Å²) in [5, 5.41) is 3.49. The van der Waals surface area contributed by atoms with Crippen molar-refractivity contribution in [1.29, 1.82) is 0 Å². The van der Waals surface area contributed by atoms with Crippen molar-refractivity contribution < 1.29 is 0 Å². The average molecular weight is 243 g/mol. The molecular weight excluding hydrogens is 222 g/mol. The fourth-order valence-electron chi connectivity index (χ4n) is 2.00. The van der Waals surface area contributed by atoms with Crippen LogP contribution < -0.4 is 11.1 Å². The Morgan fingerprint density at radius 3 is 2.50 bits per heavy atom. The van der Waals surface area contributed by atoms with E-state index >= 15 is 0 Å². The maximum atomic E-state index is 5.66. The van der Waals surface area contributed by atoms with Crippen LogP contribution in [-0.2, 0) is 12.0 Å². The fraction of sp³-hybridized carbons (Fsp3) is 0.333. The van der Waals surface area contributed by atoms with Crippen LogP contribution in [-0.4, -0.2) is 11.5 Å². The van der Waals surface area contributed by atoms with E-state index < -0.39 is 0 Å². The first-order valence-corrected chi connectivity index (χ1v) is 6.26. The number of benzene rings is 1. The van der Waals surface area contributed by atoms with E-state index in [0.29, 0.717) is 0 Å². The van der Waals surface area contributed by atoms with Crippen molar-refractivity contribution in [3.8, 4) is 0 Å². The molecular formula is C15H21N3. The number of nitrogens with two attached hydrogens (primary N) is 1. The van der Waals surface area contributed by atoms with Crippen molar-refractivity contribution in [1.82, 2.24) is 10.3 Å². The van der Waals surface area contributed by atoms with Crippen molar-refractivity contribution in [3.63, 3.8) is 0 Å². The largest absolute Gasteiger partial charge is 0.399 e. The van der Waals surface area contributed by atoms with E-state index in [1.165, 1.54) is 11.1 Å². The Hall–Kier alpha value is -1.74. The topological polar surface area (TPSA) is 53.8 Å². The van der Waals surface area contributed by atoms with Gasteiger partial charge in [0.25, 0.3) is 0 Å². The average Bonchev–Trinajstić information content (AvgIpc) is 2.86. The molecule has 0 aliphatic rings. The molecule has 0 saturated carbocycles. The lowest BCUT2D eigenvalue weighted by Gasteiger charge is -2.24. The quantitative estimate of drug-likeness (QED) is 0.707. The lowest BCUT2D eigenvalue weighted by atomic mass is 9.86. The summed E-state index contributed by atoms with van der Waals surface area (Å²) < 4.78 is 0. The molecule has 0 atom stereocenters. The molecule has 3 heteroatoms. The third-order valence-corrected chi connectivity index (χ3v) is 3.26. The third-order valence-electron chi connectivity index (χ3n) is 3.26. The Bertz CT molecular complexity index is 469. The van der Waals surface area contributed by atoms with Crippen molar-refractivity contribution in [2.75, 3.05) is 12.3 Å². The second-order valence-corrected chi connectivity index (χ2v) is 5.33. The first kappa shape index (κ1) is 12.7. The number of rotatable bonds is 5. The zero-order chi connectivity index (χ0) is 13.0. The van der Waals surface area contributed by atoms with E-state index in [0.717, 1.165) is 18.8 Å². The summed E-state index contributed by atoms with van der Waals surface area (Å²) in [5.74, 6) is 0. The van der Waals surface area contributed by atoms with Crippen molar-refractivity contribution >= 4 is 5.69 Å². The monoisotopic (exact) mass is 243 g/mol. The Balaban J connectivity index is 1.87. The zero-order valence-electron chi connectivity index (χ0n) is 11.0. The van der Waals surface area contributed by atoms with Crippen molar-refractivity contribution in [3.05, 3.63) is 53.9 Å². The van der Waals surface area contributed by atoms with Gasteiger partial charge in [-0.05, 0) is 29.3 Å². The molecule has 0 radical (unpaired) electrons. The molecule has 18 heavy (non-hydrogen) atoms. The van der Waals surface area contributed by atoms with Gasteiger partial charge >= 0.3 is 0 Å². The van der Waals surface area contributed by atoms with Gasteiger partial charge in [0, 0.05) is 36.6 Å². The highest BCUT2D eigenvalue weighted by Crippen LogP contribution is 2.21. The van der Waals surface area contributed by atoms with Gasteiger partial charge in [-0.15, -0.1) is 0 Å². The molecule has 2 aromatic rings. The molecule has 2 rings (SSSR count). The van der Waals surface area contributed by atoms with Gasteiger partial charge in [-0.2, -0.15) is 0 Å². The summed E-state index contributed by atoms with van der Waals surface area (Å²) in [6.07, 6.45) is 4.03. The SMILES string of the molecule is CC(C)(CNCc1ccc(N)cc1)c1cc[nH]c1. The van der Waals surface area contributed by atoms with E-state index in [1.807, 2.05) is 18.3 Å². The molecule has 0 aliphatic heterocycles. The van der Waals surface area contributed by atoms with Crippen LogP contribution in [0.3, 0.4) is 0 Å². The Labute approximate surface area is 108 Å². The summed E-state index contributed by atoms with van der Waals surface area (Å²) in [6.45, 7) is 6.29. The molecule has 0 aliphatic carbocycles. The first-order chi connectivity index (χ1) is 8.58. The summed E-state index contributed by atoms with van der Waals surface area (Å²) in [4.78, 5) is 3.11. The summed E-state index contributed by atoms with van der Waals surface area (Å²) >= 11 is 0. The van der Waals surface area contributed by atoms with E-state index in [1.54, 1.807) is 0 Å². The zero-order valence-corrected chi connectivity index (χ0v) is 11.0. The van der Waals surface area contributed by atoms with Gasteiger partial charge in [0.05, 0.1) is 0 Å². The van der Waals surface area contributed by atoms with Gasteiger partial charge < -0.3 is 16.0 Å². The van der Waals surface area contributed by atoms with E-state index in [9.17, 15) is 0 Å². The molecule has 0 fully saturated rings. The maximum Gasteiger partial charge on any atom is 0.0314 e. The predicted molar refractivity (Wildman–Crippen MR) is 76.4 cm³/mol. The molecule has 0 saturated heterocycles. The molecule has 1 heterocycles. The molecule has 1 aromatic heterocycles. The van der Waals surface area contributed by atoms with E-state index in [2.05, 4.69) is 48.5 Å². The highest BCUT2D eigenvalue weighted by Gasteiger charge is 2.20. The Morgan fingerprint density at radius 1 is 1.17 bits per heavy atom. The number of aromatic nitrogens is 1. The molecule has 96 valence electrons. The molecule has 3 nitrogen and oxygen atoms in total. The van der Waals surface area contributed by atoms with Crippen LogP contribution in [0.5, 0.6) is 0 Å². The second-order valence-electron chi connectivity index (χ2n) is 5.33. The summed E-state index contributed by atoms with van der Waals surface area (Å²) in [7, 11) is 0. The molecule has 4 N–H and O–H groups in total. The van der Waals surface area contributed by atoms with Gasteiger partial charge in [0.2, 0.25) is 0 Å². The number of hydrogen-bond acceptors (Lipinski definition) is 2. The number of aromatic amines is 1. The Morgan fingerprint density at radius 2 is 1.89 bits per heavy atom. The standard InChI is InChI=1S/C15H21N3/c1-15(2,13-7-8-17-10-13)11-18-9-12-3-5-14(16)6-4-12/h3-8,10,17-18H,9,11,16H2,1-2H3. The van der Waals surface area contributed by atoms with Crippen LogP contribution in [0.15, 0.2) is 42.7 Å². The number of nitrogen functional groups attached to an aromatic ring is 1. The van der Waals surface area contributed by atoms with Crippen molar-refractivity contribution in [2.24, 2.45) is 0 Å². The van der Waals surface area contributed by atoms with Gasteiger partial charge in [-0.3, -0.25) is 0 Å². The lowest BCUT2D eigenvalue weighted by molar-refractivity contribution is 0.469. The van der Waals surface area contributed by atoms with Crippen LogP contribution in [0.25, 0.3) is 0 Å². The number of anilines is 1. The predicted octanol–water partition coefficient (Wildman–Crippen LogP) is 2.66. The number of H-pyrrole nitrogens is 1. The smallest absolute Gasteiger partial charge is 0.0314 e. The maximum absolute atomic E-state index is 5.66. The minimum Gasteiger partial charge on any atom is -0.399 e. The third kappa shape index (κ3) is 3.14. The molecule has 1 aromatic carbocycles. The molecule has 0 spiro atoms. The first-order valence-electron chi connectivity index (χ1n) is 6.26. The van der Waals surface area contributed by atoms with Crippen LogP contribution in [0, 0.1) is 0 Å². The van der Waals surface area contributed by atoms with E-state index in [-0.39, 0.29) is 5.41 Å². The van der Waals surface area contributed by atoms with Crippen molar-refractivity contribution in [2.45, 2.75) is 25.8 Å². The van der Waals surface area contributed by atoms with Gasteiger partial charge in [-0.25, -0.2) is 0 Å². The minimum atomic E-state index is 0.133. The molecule has 0 unspecified atom stereocenters. The molecule has 0 amide bonds. The van der Waals surface area contributed by atoms with Crippen LogP contribution in [0.2, 0.25) is 0 Å². The van der Waals surface area contributed by atoms with Crippen LogP contribution >= 0.6 is 0 Å². The van der Waals surface area contributed by atoms with Gasteiger partial charge in [0.15, 0.2) is 0 Å². The lowest BCUT2D eigenvalue weighted by Crippen LogP contribution is -2.32. The van der Waals surface area contributed by atoms with E-state index in [4.69, 9.17) is 5.73 Å². The van der Waals surface area contributed by atoms with Crippen LogP contribution in [0.1, 0.15) is 25.0 Å². The molecule has 0 bridgehead atoms. The number of hydrogen-bond donors (Lipinski definition) is 3. The summed E-state index contributed by atoms with van der Waals surface area (Å²) in [6, 6.07) is 10.1. The number of nitrogens with one attached hydrogen (secondary N) is 2. The highest BCUT2D eigenvalue weighted by molar-refractivity contribution is 5.39.